The minimum atomic E-state index is -0.190. The van der Waals surface area contributed by atoms with Crippen molar-refractivity contribution in [2.75, 3.05) is 5.32 Å². The SMILES string of the molecule is Cc1ccccc1NC(=O)Cn1c2c(sc1=O)[C@H](c1cccc(Cl)c1Cl)C1C3CCC(C3)C1S2. The summed E-state index contributed by atoms with van der Waals surface area (Å²) in [5, 5.41) is 5.47. The number of halogens is 2. The summed E-state index contributed by atoms with van der Waals surface area (Å²) in [7, 11) is 0. The third kappa shape index (κ3) is 3.65. The van der Waals surface area contributed by atoms with E-state index in [1.54, 1.807) is 4.57 Å². The van der Waals surface area contributed by atoms with Crippen molar-refractivity contribution in [2.24, 2.45) is 17.8 Å². The molecule has 8 heteroatoms. The first kappa shape index (κ1) is 22.7. The van der Waals surface area contributed by atoms with E-state index in [2.05, 4.69) is 11.4 Å². The predicted octanol–water partition coefficient (Wildman–Crippen LogP) is 6.82. The van der Waals surface area contributed by atoms with Gasteiger partial charge in [0.2, 0.25) is 5.91 Å². The smallest absolute Gasteiger partial charge is 0.308 e. The lowest BCUT2D eigenvalue weighted by Gasteiger charge is -2.40. The van der Waals surface area contributed by atoms with E-state index in [9.17, 15) is 9.59 Å². The van der Waals surface area contributed by atoms with Crippen LogP contribution in [0.25, 0.3) is 0 Å². The van der Waals surface area contributed by atoms with Gasteiger partial charge in [-0.15, -0.1) is 11.8 Å². The number of nitrogens with zero attached hydrogens (tertiary/aromatic N) is 1. The average molecular weight is 532 g/mol. The number of hydrogen-bond donors (Lipinski definition) is 1. The van der Waals surface area contributed by atoms with Crippen molar-refractivity contribution in [3.8, 4) is 0 Å². The van der Waals surface area contributed by atoms with Crippen LogP contribution in [0.3, 0.4) is 0 Å². The Morgan fingerprint density at radius 2 is 1.91 bits per heavy atom. The largest absolute Gasteiger partial charge is 0.324 e. The van der Waals surface area contributed by atoms with Gasteiger partial charge in [0, 0.05) is 21.7 Å². The Balaban J connectivity index is 1.40. The van der Waals surface area contributed by atoms with E-state index >= 15 is 0 Å². The maximum absolute atomic E-state index is 13.2. The minimum absolute atomic E-state index is 0.00742. The summed E-state index contributed by atoms with van der Waals surface area (Å²) in [6.07, 6.45) is 3.72. The number of para-hydroxylation sites is 1. The lowest BCUT2D eigenvalue weighted by Crippen LogP contribution is -2.35. The molecule has 5 atom stereocenters. The molecule has 4 nitrogen and oxygen atoms in total. The van der Waals surface area contributed by atoms with Crippen LogP contribution in [0.5, 0.6) is 0 Å². The van der Waals surface area contributed by atoms with E-state index in [1.807, 2.05) is 55.1 Å². The van der Waals surface area contributed by atoms with E-state index in [1.165, 1.54) is 30.6 Å². The van der Waals surface area contributed by atoms with Gasteiger partial charge >= 0.3 is 4.87 Å². The summed E-state index contributed by atoms with van der Waals surface area (Å²) in [5.41, 5.74) is 2.77. The first-order chi connectivity index (χ1) is 16.4. The van der Waals surface area contributed by atoms with Crippen molar-refractivity contribution in [1.82, 2.24) is 4.57 Å². The molecule has 4 unspecified atom stereocenters. The van der Waals surface area contributed by atoms with Crippen LogP contribution in [0.15, 0.2) is 52.3 Å². The summed E-state index contributed by atoms with van der Waals surface area (Å²) in [5.74, 6) is 1.59. The van der Waals surface area contributed by atoms with Crippen LogP contribution in [0.2, 0.25) is 10.0 Å². The quantitative estimate of drug-likeness (QED) is 0.402. The molecule has 1 N–H and O–H groups in total. The predicted molar refractivity (Wildman–Crippen MR) is 141 cm³/mol. The van der Waals surface area contributed by atoms with E-state index in [0.717, 1.165) is 26.7 Å². The number of nitrogens with one attached hydrogen (secondary N) is 1. The van der Waals surface area contributed by atoms with Crippen LogP contribution < -0.4 is 10.2 Å². The number of rotatable bonds is 4. The standard InChI is InChI=1S/C26H24Cl2N2O2S2/c1-13-5-2-3-8-18(13)29-19(31)12-30-25-24(34-26(30)32)21(16-6-4-7-17(27)22(16)28)20-14-9-10-15(11-14)23(20)33-25/h2-8,14-15,20-21,23H,9-12H2,1H3,(H,29,31)/t14?,15?,20?,21-,23?/m1/s1. The molecule has 1 aliphatic heterocycles. The molecule has 2 bridgehead atoms. The normalized spacial score (nSPS) is 26.9. The number of amides is 1. The van der Waals surface area contributed by atoms with Gasteiger partial charge in [0.05, 0.1) is 15.1 Å². The Hall–Kier alpha value is -1.73. The molecule has 2 aromatic carbocycles. The van der Waals surface area contributed by atoms with Gasteiger partial charge in [0.15, 0.2) is 0 Å². The van der Waals surface area contributed by atoms with E-state index < -0.39 is 0 Å². The molecule has 2 saturated carbocycles. The van der Waals surface area contributed by atoms with E-state index in [-0.39, 0.29) is 23.2 Å². The van der Waals surface area contributed by atoms with Crippen molar-refractivity contribution in [1.29, 1.82) is 0 Å². The monoisotopic (exact) mass is 530 g/mol. The number of benzene rings is 2. The molecule has 176 valence electrons. The summed E-state index contributed by atoms with van der Waals surface area (Å²) in [6.45, 7) is 1.96. The minimum Gasteiger partial charge on any atom is -0.324 e. The first-order valence-electron chi connectivity index (χ1n) is 11.6. The number of carbonyl (C=O) groups is 1. The maximum atomic E-state index is 13.2. The Morgan fingerprint density at radius 3 is 2.74 bits per heavy atom. The summed E-state index contributed by atoms with van der Waals surface area (Å²) in [4.78, 5) is 27.1. The lowest BCUT2D eigenvalue weighted by atomic mass is 9.75. The molecule has 1 aromatic heterocycles. The number of anilines is 1. The van der Waals surface area contributed by atoms with Gasteiger partial charge in [0.25, 0.3) is 0 Å². The number of aromatic nitrogens is 1. The van der Waals surface area contributed by atoms with Crippen LogP contribution in [0, 0.1) is 24.7 Å². The molecule has 0 radical (unpaired) electrons. The second-order valence-electron chi connectivity index (χ2n) is 9.60. The second-order valence-corrected chi connectivity index (χ2v) is 12.5. The zero-order chi connectivity index (χ0) is 23.6. The molecule has 2 aliphatic carbocycles. The highest BCUT2D eigenvalue weighted by atomic mass is 35.5. The Kier molecular flexibility index (Phi) is 5.84. The fourth-order valence-corrected chi connectivity index (χ4v) is 9.81. The van der Waals surface area contributed by atoms with Crippen molar-refractivity contribution in [3.63, 3.8) is 0 Å². The van der Waals surface area contributed by atoms with Gasteiger partial charge in [-0.2, -0.15) is 0 Å². The van der Waals surface area contributed by atoms with Gasteiger partial charge in [0.1, 0.15) is 6.54 Å². The van der Waals surface area contributed by atoms with Gasteiger partial charge in [-0.3, -0.25) is 14.2 Å². The highest BCUT2D eigenvalue weighted by Crippen LogP contribution is 2.64. The summed E-state index contributed by atoms with van der Waals surface area (Å²) < 4.78 is 1.67. The average Bonchev–Trinajstić information content (AvgIpc) is 3.51. The Labute approximate surface area is 216 Å². The number of fused-ring (bicyclic) bond motifs is 6. The third-order valence-corrected chi connectivity index (χ3v) is 11.4. The molecular weight excluding hydrogens is 507 g/mol. The van der Waals surface area contributed by atoms with Gasteiger partial charge in [-0.05, 0) is 67.2 Å². The second kappa shape index (κ2) is 8.74. The van der Waals surface area contributed by atoms with Crippen molar-refractivity contribution in [2.45, 2.75) is 48.9 Å². The summed E-state index contributed by atoms with van der Waals surface area (Å²) >= 11 is 16.2. The molecule has 0 saturated heterocycles. The van der Waals surface area contributed by atoms with Crippen LogP contribution >= 0.6 is 46.3 Å². The highest BCUT2D eigenvalue weighted by molar-refractivity contribution is 8.00. The van der Waals surface area contributed by atoms with Crippen LogP contribution in [-0.4, -0.2) is 15.7 Å². The number of carbonyl (C=O) groups excluding carboxylic acids is 1. The molecule has 3 aromatic rings. The van der Waals surface area contributed by atoms with Crippen molar-refractivity contribution in [3.05, 3.63) is 78.2 Å². The third-order valence-electron chi connectivity index (χ3n) is 7.73. The van der Waals surface area contributed by atoms with Gasteiger partial charge in [-0.25, -0.2) is 0 Å². The van der Waals surface area contributed by atoms with Crippen LogP contribution in [-0.2, 0) is 11.3 Å². The first-order valence-corrected chi connectivity index (χ1v) is 14.1. The fraction of sp³-hybridized carbons (Fsp3) is 0.385. The molecular formula is C26H24Cl2N2O2S2. The zero-order valence-electron chi connectivity index (χ0n) is 18.6. The van der Waals surface area contributed by atoms with Crippen LogP contribution in [0.4, 0.5) is 5.69 Å². The molecule has 34 heavy (non-hydrogen) atoms. The molecule has 0 spiro atoms. The molecule has 2 fully saturated rings. The fourth-order valence-electron chi connectivity index (χ4n) is 6.24. The summed E-state index contributed by atoms with van der Waals surface area (Å²) in [6, 6.07) is 13.5. The lowest BCUT2D eigenvalue weighted by molar-refractivity contribution is -0.116. The van der Waals surface area contributed by atoms with E-state index in [0.29, 0.717) is 33.0 Å². The van der Waals surface area contributed by atoms with Crippen LogP contribution in [0.1, 0.15) is 41.2 Å². The molecule has 3 aliphatic rings. The highest BCUT2D eigenvalue weighted by Gasteiger charge is 2.55. The van der Waals surface area contributed by atoms with Gasteiger partial charge < -0.3 is 5.32 Å². The van der Waals surface area contributed by atoms with Crippen molar-refractivity contribution >= 4 is 57.9 Å². The zero-order valence-corrected chi connectivity index (χ0v) is 21.7. The topological polar surface area (TPSA) is 51.1 Å². The molecule has 6 rings (SSSR count). The number of thiazole rings is 1. The van der Waals surface area contributed by atoms with E-state index in [4.69, 9.17) is 23.2 Å². The number of hydrogen-bond acceptors (Lipinski definition) is 4. The molecule has 1 amide bonds. The van der Waals surface area contributed by atoms with Crippen molar-refractivity contribution < 1.29 is 4.79 Å². The molecule has 2 heterocycles. The number of thioether (sulfide) groups is 1. The number of aryl methyl sites for hydroxylation is 1. The maximum Gasteiger partial charge on any atom is 0.308 e. The Bertz CT molecular complexity index is 1350. The van der Waals surface area contributed by atoms with Gasteiger partial charge in [-0.1, -0.05) is 64.9 Å². The Morgan fingerprint density at radius 1 is 1.12 bits per heavy atom.